The Morgan fingerprint density at radius 2 is 2.05 bits per heavy atom. The lowest BCUT2D eigenvalue weighted by Crippen LogP contribution is -2.39. The van der Waals surface area contributed by atoms with Crippen molar-refractivity contribution in [1.82, 2.24) is 15.3 Å². The number of hydrogen-bond donors (Lipinski definition) is 3. The molecule has 0 saturated heterocycles. The van der Waals surface area contributed by atoms with E-state index in [4.69, 9.17) is 0 Å². The van der Waals surface area contributed by atoms with Gasteiger partial charge in [-0.1, -0.05) is 0 Å². The van der Waals surface area contributed by atoms with Crippen LogP contribution in [0, 0.1) is 12.3 Å². The van der Waals surface area contributed by atoms with Gasteiger partial charge in [0.15, 0.2) is 0 Å². The number of aromatic nitrogens is 2. The molecule has 1 amide bonds. The van der Waals surface area contributed by atoms with Crippen LogP contribution in [0.4, 0.5) is 11.8 Å². The molecule has 0 radical (unpaired) electrons. The second kappa shape index (κ2) is 6.36. The number of nitrogens with zero attached hydrogens (tertiary/aromatic N) is 2. The summed E-state index contributed by atoms with van der Waals surface area (Å²) in [5, 5.41) is 8.94. The first-order valence-corrected chi connectivity index (χ1v) is 6.44. The van der Waals surface area contributed by atoms with Crippen molar-refractivity contribution in [2.24, 2.45) is 5.41 Å². The first-order chi connectivity index (χ1) is 8.90. The van der Waals surface area contributed by atoms with Gasteiger partial charge in [-0.05, 0) is 27.7 Å². The summed E-state index contributed by atoms with van der Waals surface area (Å²) in [6, 6.07) is 0. The monoisotopic (exact) mass is 265 g/mol. The van der Waals surface area contributed by atoms with Gasteiger partial charge in [-0.25, -0.2) is 4.98 Å². The van der Waals surface area contributed by atoms with Crippen LogP contribution in [0.2, 0.25) is 0 Å². The fraction of sp³-hybridized carbons (Fsp3) is 0.615. The number of aryl methyl sites for hydroxylation is 1. The van der Waals surface area contributed by atoms with Gasteiger partial charge in [-0.15, -0.1) is 0 Å². The third-order valence-corrected chi connectivity index (χ3v) is 2.85. The molecular weight excluding hydrogens is 242 g/mol. The molecule has 3 N–H and O–H groups in total. The summed E-state index contributed by atoms with van der Waals surface area (Å²) in [6.07, 6.45) is 1.76. The normalized spacial score (nSPS) is 11.0. The van der Waals surface area contributed by atoms with Gasteiger partial charge >= 0.3 is 0 Å². The molecular formula is C13H23N5O. The van der Waals surface area contributed by atoms with Gasteiger partial charge in [0.2, 0.25) is 11.9 Å². The summed E-state index contributed by atoms with van der Waals surface area (Å²) in [5.74, 6) is 1.34. The lowest BCUT2D eigenvalue weighted by atomic mass is 9.92. The quantitative estimate of drug-likeness (QED) is 0.724. The Bertz CT molecular complexity index is 445. The maximum Gasteiger partial charge on any atom is 0.227 e. The van der Waals surface area contributed by atoms with Gasteiger partial charge in [-0.3, -0.25) is 4.79 Å². The molecule has 1 heterocycles. The molecule has 19 heavy (non-hydrogen) atoms. The highest BCUT2D eigenvalue weighted by Gasteiger charge is 2.26. The van der Waals surface area contributed by atoms with E-state index >= 15 is 0 Å². The summed E-state index contributed by atoms with van der Waals surface area (Å²) in [4.78, 5) is 20.3. The van der Waals surface area contributed by atoms with Crippen LogP contribution in [0.15, 0.2) is 6.20 Å². The standard InChI is InChI=1S/C13H23N5O/c1-6-15-12-16-7-9(2)10(18-12)17-8-13(3,4)11(19)14-5/h7H,6,8H2,1-5H3,(H,14,19)(H2,15,16,17,18). The number of rotatable bonds is 6. The van der Waals surface area contributed by atoms with Gasteiger partial charge < -0.3 is 16.0 Å². The van der Waals surface area contributed by atoms with Crippen molar-refractivity contribution in [3.8, 4) is 0 Å². The first-order valence-electron chi connectivity index (χ1n) is 6.44. The molecule has 1 aromatic rings. The molecule has 0 aliphatic carbocycles. The van der Waals surface area contributed by atoms with Crippen LogP contribution < -0.4 is 16.0 Å². The maximum atomic E-state index is 11.7. The number of anilines is 2. The summed E-state index contributed by atoms with van der Waals surface area (Å²) in [5.41, 5.74) is 0.458. The van der Waals surface area contributed by atoms with Gasteiger partial charge in [0.1, 0.15) is 5.82 Å². The average Bonchev–Trinajstić information content (AvgIpc) is 2.38. The predicted molar refractivity (Wildman–Crippen MR) is 77.3 cm³/mol. The van der Waals surface area contributed by atoms with Crippen LogP contribution in [0.1, 0.15) is 26.3 Å². The number of amides is 1. The van der Waals surface area contributed by atoms with Crippen molar-refractivity contribution < 1.29 is 4.79 Å². The molecule has 6 heteroatoms. The van der Waals surface area contributed by atoms with E-state index in [1.54, 1.807) is 13.2 Å². The fourth-order valence-corrected chi connectivity index (χ4v) is 1.59. The van der Waals surface area contributed by atoms with Gasteiger partial charge in [0.05, 0.1) is 5.41 Å². The Kier molecular flexibility index (Phi) is 5.09. The minimum atomic E-state index is -0.496. The number of carbonyl (C=O) groups excluding carboxylic acids is 1. The molecule has 0 spiro atoms. The minimum absolute atomic E-state index is 0.00128. The van der Waals surface area contributed by atoms with E-state index < -0.39 is 5.41 Å². The Morgan fingerprint density at radius 1 is 1.37 bits per heavy atom. The second-order valence-corrected chi connectivity index (χ2v) is 5.07. The smallest absolute Gasteiger partial charge is 0.227 e. The van der Waals surface area contributed by atoms with Crippen LogP contribution in [0.3, 0.4) is 0 Å². The molecule has 106 valence electrons. The van der Waals surface area contributed by atoms with Crippen molar-refractivity contribution in [2.75, 3.05) is 30.8 Å². The fourth-order valence-electron chi connectivity index (χ4n) is 1.59. The molecule has 0 bridgehead atoms. The third-order valence-electron chi connectivity index (χ3n) is 2.85. The molecule has 0 fully saturated rings. The molecule has 6 nitrogen and oxygen atoms in total. The van der Waals surface area contributed by atoms with Crippen molar-refractivity contribution >= 4 is 17.7 Å². The minimum Gasteiger partial charge on any atom is -0.369 e. The average molecular weight is 265 g/mol. The van der Waals surface area contributed by atoms with Crippen LogP contribution in [-0.4, -0.2) is 36.0 Å². The molecule has 1 rings (SSSR count). The zero-order valence-corrected chi connectivity index (χ0v) is 12.3. The zero-order chi connectivity index (χ0) is 14.5. The highest BCUT2D eigenvalue weighted by atomic mass is 16.2. The van der Waals surface area contributed by atoms with Crippen molar-refractivity contribution in [1.29, 1.82) is 0 Å². The number of carbonyl (C=O) groups is 1. The maximum absolute atomic E-state index is 11.7. The van der Waals surface area contributed by atoms with Crippen LogP contribution >= 0.6 is 0 Å². The number of hydrogen-bond acceptors (Lipinski definition) is 5. The highest BCUT2D eigenvalue weighted by Crippen LogP contribution is 2.18. The van der Waals surface area contributed by atoms with E-state index in [9.17, 15) is 4.79 Å². The van der Waals surface area contributed by atoms with E-state index in [-0.39, 0.29) is 5.91 Å². The van der Waals surface area contributed by atoms with Crippen molar-refractivity contribution in [2.45, 2.75) is 27.7 Å². The molecule has 0 saturated carbocycles. The lowest BCUT2D eigenvalue weighted by Gasteiger charge is -2.23. The van der Waals surface area contributed by atoms with E-state index in [0.29, 0.717) is 12.5 Å². The largest absolute Gasteiger partial charge is 0.369 e. The Balaban J connectivity index is 2.76. The van der Waals surface area contributed by atoms with E-state index in [2.05, 4.69) is 25.9 Å². The van der Waals surface area contributed by atoms with Crippen molar-refractivity contribution in [3.05, 3.63) is 11.8 Å². The van der Waals surface area contributed by atoms with Crippen molar-refractivity contribution in [3.63, 3.8) is 0 Å². The zero-order valence-electron chi connectivity index (χ0n) is 12.3. The summed E-state index contributed by atoms with van der Waals surface area (Å²) in [6.45, 7) is 8.99. The van der Waals surface area contributed by atoms with E-state index in [1.807, 2.05) is 27.7 Å². The Morgan fingerprint density at radius 3 is 2.63 bits per heavy atom. The van der Waals surface area contributed by atoms with Gasteiger partial charge in [0, 0.05) is 31.9 Å². The van der Waals surface area contributed by atoms with Crippen LogP contribution in [0.25, 0.3) is 0 Å². The second-order valence-electron chi connectivity index (χ2n) is 5.07. The predicted octanol–water partition coefficient (Wildman–Crippen LogP) is 1.40. The summed E-state index contributed by atoms with van der Waals surface area (Å²) in [7, 11) is 1.64. The molecule has 1 aromatic heterocycles. The topological polar surface area (TPSA) is 78.9 Å². The van der Waals surface area contributed by atoms with Gasteiger partial charge in [-0.2, -0.15) is 4.98 Å². The summed E-state index contributed by atoms with van der Waals surface area (Å²) < 4.78 is 0. The van der Waals surface area contributed by atoms with Crippen LogP contribution in [0.5, 0.6) is 0 Å². The van der Waals surface area contributed by atoms with Crippen LogP contribution in [-0.2, 0) is 4.79 Å². The molecule has 0 aliphatic heterocycles. The third kappa shape index (κ3) is 4.08. The molecule has 0 aromatic carbocycles. The Labute approximate surface area is 114 Å². The van der Waals surface area contributed by atoms with Gasteiger partial charge in [0.25, 0.3) is 0 Å². The highest BCUT2D eigenvalue weighted by molar-refractivity contribution is 5.82. The first kappa shape index (κ1) is 15.2. The van der Waals surface area contributed by atoms with E-state index in [1.165, 1.54) is 0 Å². The van der Waals surface area contributed by atoms with E-state index in [0.717, 1.165) is 17.9 Å². The Hall–Kier alpha value is -1.85. The molecule has 0 aliphatic rings. The summed E-state index contributed by atoms with van der Waals surface area (Å²) >= 11 is 0. The SMILES string of the molecule is CCNc1ncc(C)c(NCC(C)(C)C(=O)NC)n1. The molecule has 0 atom stereocenters. The molecule has 0 unspecified atom stereocenters. The number of nitrogens with one attached hydrogen (secondary N) is 3. The lowest BCUT2D eigenvalue weighted by molar-refractivity contribution is -0.128.